The van der Waals surface area contributed by atoms with Gasteiger partial charge in [0.2, 0.25) is 0 Å². The van der Waals surface area contributed by atoms with Crippen LogP contribution in [0.2, 0.25) is 0 Å². The first-order chi connectivity index (χ1) is 66.2. The van der Waals surface area contributed by atoms with Crippen LogP contribution in [0.25, 0.3) is 43.7 Å². The van der Waals surface area contributed by atoms with Crippen LogP contribution in [0.3, 0.4) is 0 Å². The molecule has 0 saturated carbocycles. The van der Waals surface area contributed by atoms with E-state index in [1.165, 1.54) is 55.2 Å². The van der Waals surface area contributed by atoms with E-state index >= 15 is 0 Å². The molecule has 2 amide bonds. The molecule has 0 aliphatic carbocycles. The number of fused-ring (bicyclic) bond motifs is 9. The Labute approximate surface area is 796 Å². The average Bonchev–Trinajstić information content (AvgIpc) is 1.48. The van der Waals surface area contributed by atoms with Crippen LogP contribution in [-0.2, 0) is 50.1 Å². The smallest absolute Gasteiger partial charge is 0.346 e. The van der Waals surface area contributed by atoms with E-state index in [0.717, 1.165) is 119 Å². The number of phenols is 1. The summed E-state index contributed by atoms with van der Waals surface area (Å²) in [6.45, 7) is 19.4. The summed E-state index contributed by atoms with van der Waals surface area (Å²) >= 11 is 0. The number of aromatic amines is 1. The standard InChI is InChI=1S/C13H18O2.C12H15N3O.C9H8N2O.C9H9NO2.C9H11NO.C9H7N.C8H6N2O.C8H8N2.C8H7NO2.C8H9NO.C7H9N.C7H8O3S/c1-7-5-6-11-10(4)12(14)8(2)9(3)13(11)15-7;1-3-14-9-13-15(12(14)16)8-11-6-4-10(2)5-7-11;1-11-6-10-8-5-3-2-4-7(8)9(11)12;1-10-6-12-8-5-3-2-4-7(8)9(10)11;1-10-6-7-11-9-5-3-2-4-8(9)10;1-2-6-9-8(4-1)5-3-7-10-9;11-8-6-3-1-2-4-7(6)9-5-10-8;1-10-6-9-7-4-2-3-5-8(7)10;10-8-6-3-1-2-4-7(6)11-5-9-8;1-2-4-8-7(3-1)9-5-6-10-8;1-2-7-4-3-5-8-6-7;1-11(8,9)10-7-5-3-2-4-6-7/h7,14H,5-6H2,1-4H3;4-7,9H,3,8H2,1-2H3;2-6H,1H3;2-5H,6H2,1H3;2-5H,6-7H2,1H3;1-7H;1-5H,(H,9,10,11);2-6H,1H3;1-4H,5H2,(H,9,10);1-4,9H,5-6H2;3-6H,2H2,1H3;2-6H,1H3. The van der Waals surface area contributed by atoms with Gasteiger partial charge in [0.05, 0.1) is 105 Å². The number of benzene rings is 11. The van der Waals surface area contributed by atoms with Crippen molar-refractivity contribution in [2.24, 2.45) is 14.1 Å². The summed E-state index contributed by atoms with van der Waals surface area (Å²) in [7, 11) is 4.12. The maximum Gasteiger partial charge on any atom is 0.346 e. The lowest BCUT2D eigenvalue weighted by atomic mass is 9.92. The third kappa shape index (κ3) is 29.9. The van der Waals surface area contributed by atoms with Crippen molar-refractivity contribution in [2.75, 3.05) is 70.3 Å². The van der Waals surface area contributed by atoms with Crippen molar-refractivity contribution in [3.8, 4) is 40.2 Å². The highest BCUT2D eigenvalue weighted by Gasteiger charge is 2.25. The number of imidazole rings is 1. The number of carbonyl (C=O) groups excluding carboxylic acids is 2. The van der Waals surface area contributed by atoms with Gasteiger partial charge in [0.1, 0.15) is 59.8 Å². The number of aromatic nitrogens is 11. The van der Waals surface area contributed by atoms with Crippen LogP contribution in [-0.4, -0.2) is 150 Å². The minimum Gasteiger partial charge on any atom is -0.507 e. The third-order valence-electron chi connectivity index (χ3n) is 21.7. The zero-order chi connectivity index (χ0) is 97.6. The van der Waals surface area contributed by atoms with Gasteiger partial charge in [-0.15, -0.1) is 0 Å². The average molecular weight is 1870 g/mol. The van der Waals surface area contributed by atoms with Crippen LogP contribution in [0, 0.1) is 27.7 Å². The number of amides is 2. The molecule has 0 bridgehead atoms. The van der Waals surface area contributed by atoms with E-state index in [-0.39, 0.29) is 35.4 Å². The molecule has 0 radical (unpaired) electrons. The van der Waals surface area contributed by atoms with Crippen LogP contribution < -0.4 is 60.2 Å². The molecule has 0 spiro atoms. The Morgan fingerprint density at radius 1 is 0.526 bits per heavy atom. The first-order valence-electron chi connectivity index (χ1n) is 44.6. The molecule has 30 heteroatoms. The Balaban J connectivity index is 0.000000144. The summed E-state index contributed by atoms with van der Waals surface area (Å²) in [5, 5.41) is 22.3. The number of carbonyl (C=O) groups is 2. The topological polar surface area (TPSA) is 338 Å². The van der Waals surface area contributed by atoms with Gasteiger partial charge in [0, 0.05) is 70.8 Å². The first kappa shape index (κ1) is 101. The van der Waals surface area contributed by atoms with Gasteiger partial charge >= 0.3 is 15.8 Å². The van der Waals surface area contributed by atoms with Crippen molar-refractivity contribution in [2.45, 2.75) is 86.9 Å². The Hall–Kier alpha value is -16.2. The van der Waals surface area contributed by atoms with E-state index in [2.05, 4.69) is 106 Å². The summed E-state index contributed by atoms with van der Waals surface area (Å²) in [6, 6.07) is 85.8. The first-order valence-corrected chi connectivity index (χ1v) is 46.4. The Bertz CT molecular complexity index is 7000. The number of nitrogens with zero attached hydrogens (tertiary/aromatic N) is 12. The number of ether oxygens (including phenoxy) is 5. The third-order valence-corrected chi connectivity index (χ3v) is 22.2. The number of aromatic hydroxyl groups is 1. The molecule has 11 aromatic carbocycles. The Morgan fingerprint density at radius 2 is 1.12 bits per heavy atom. The number of anilines is 2. The molecule has 5 aliphatic heterocycles. The van der Waals surface area contributed by atoms with Crippen LogP contribution >= 0.6 is 0 Å². The van der Waals surface area contributed by atoms with Gasteiger partial charge in [-0.2, -0.15) is 13.5 Å². The van der Waals surface area contributed by atoms with Gasteiger partial charge in [-0.3, -0.25) is 33.7 Å². The summed E-state index contributed by atoms with van der Waals surface area (Å²) in [6.07, 6.45) is 16.3. The summed E-state index contributed by atoms with van der Waals surface area (Å²) in [5.74, 6) is 5.05. The van der Waals surface area contributed by atoms with Crippen molar-refractivity contribution >= 4 is 77.0 Å². The molecule has 29 nitrogen and oxygen atoms in total. The van der Waals surface area contributed by atoms with Crippen molar-refractivity contribution in [1.82, 2.24) is 63.6 Å². The zero-order valence-electron chi connectivity index (χ0n) is 78.9. The zero-order valence-corrected chi connectivity index (χ0v) is 79.7. The highest BCUT2D eigenvalue weighted by molar-refractivity contribution is 7.86. The van der Waals surface area contributed by atoms with E-state index in [9.17, 15) is 37.5 Å². The largest absolute Gasteiger partial charge is 0.507 e. The van der Waals surface area contributed by atoms with E-state index in [0.29, 0.717) is 70.8 Å². The van der Waals surface area contributed by atoms with Gasteiger partial charge in [0.25, 0.3) is 22.9 Å². The Kier molecular flexibility index (Phi) is 37.8. The number of rotatable bonds is 6. The van der Waals surface area contributed by atoms with Gasteiger partial charge in [-0.1, -0.05) is 170 Å². The molecule has 4 N–H and O–H groups in total. The molecule has 0 saturated heterocycles. The van der Waals surface area contributed by atoms with Gasteiger partial charge in [-0.25, -0.2) is 24.4 Å². The van der Waals surface area contributed by atoms with Gasteiger partial charge in [0.15, 0.2) is 13.5 Å². The van der Waals surface area contributed by atoms with Crippen molar-refractivity contribution in [1.29, 1.82) is 0 Å². The normalized spacial score (nSPS) is 12.9. The number of para-hydroxylation sites is 12. The van der Waals surface area contributed by atoms with Crippen LogP contribution in [0.15, 0.2) is 331 Å². The van der Waals surface area contributed by atoms with E-state index in [4.69, 9.17) is 23.7 Å². The highest BCUT2D eigenvalue weighted by atomic mass is 32.2. The molecule has 0 fully saturated rings. The predicted molar refractivity (Wildman–Crippen MR) is 540 cm³/mol. The number of likely N-dealkylation sites (N-methyl/N-ethyl adjacent to an activating group) is 1. The predicted octanol–water partition coefficient (Wildman–Crippen LogP) is 17.7. The number of hydrogen-bond donors (Lipinski definition) is 4. The van der Waals surface area contributed by atoms with Gasteiger partial charge < -0.3 is 67.5 Å². The fourth-order valence-corrected chi connectivity index (χ4v) is 14.4. The van der Waals surface area contributed by atoms with Crippen LogP contribution in [0.5, 0.6) is 40.2 Å². The monoisotopic (exact) mass is 1870 g/mol. The fraction of sp³-hybridized carbons (Fsp3) is 0.224. The molecule has 11 heterocycles. The highest BCUT2D eigenvalue weighted by Crippen LogP contribution is 2.41. The summed E-state index contributed by atoms with van der Waals surface area (Å²) in [5.41, 5.74) is 16.0. The maximum atomic E-state index is 11.7. The lowest BCUT2D eigenvalue weighted by Crippen LogP contribution is -2.35. The van der Waals surface area contributed by atoms with Crippen LogP contribution in [0.4, 0.5) is 11.4 Å². The SMILES string of the molecule is CCc1cccnc1.CCn1cnn(Cc2ccc(C)cc2)c1=O.CN1CCOc2ccccc21.CN1COc2ccccc2C1=O.CS(=O)(=O)Oc1ccccc1.Cc1c(C)c2c(c(C)c1O)CCC(C)O2.Cn1cnc2ccccc21.Cn1cnc2ccccc2c1=O.O=C1NCOc2ccccc21.O=c1[nH]cnc2ccccc12.c1ccc2c(c1)NCCO2.c1ccc2ncccc2c1. The molecule has 17 aromatic rings. The quantitative estimate of drug-likeness (QED) is 0.112. The molecule has 22 rings (SSSR count). The van der Waals surface area contributed by atoms with Crippen LogP contribution in [0.1, 0.15) is 86.9 Å². The van der Waals surface area contributed by atoms with E-state index < -0.39 is 10.1 Å². The molecule has 1 unspecified atom stereocenters. The number of hydrogen-bond acceptors (Lipinski definition) is 22. The molecular formula is C107H115N15O14S. The number of pyridine rings is 2. The molecule has 5 aliphatic rings. The fourth-order valence-electron chi connectivity index (χ4n) is 14.0. The second-order valence-corrected chi connectivity index (χ2v) is 33.3. The van der Waals surface area contributed by atoms with Gasteiger partial charge in [-0.05, 0) is 204 Å². The minimum absolute atomic E-state index is 0.000556. The number of aryl methyl sites for hydroxylation is 5. The lowest BCUT2D eigenvalue weighted by Gasteiger charge is -2.27. The van der Waals surface area contributed by atoms with E-state index in [1.54, 1.807) is 103 Å². The molecule has 137 heavy (non-hydrogen) atoms. The number of phenolic OH excluding ortho intramolecular Hbond substituents is 1. The summed E-state index contributed by atoms with van der Waals surface area (Å²) in [4.78, 5) is 83.5. The number of H-pyrrole nitrogens is 1. The molecule has 1 atom stereocenters. The number of nitrogens with one attached hydrogen (secondary N) is 3. The summed E-state index contributed by atoms with van der Waals surface area (Å²) < 4.78 is 59.4. The second-order valence-electron chi connectivity index (χ2n) is 31.7. The molecular weight excluding hydrogens is 1750 g/mol. The molecule has 6 aromatic heterocycles. The Morgan fingerprint density at radius 3 is 1.78 bits per heavy atom. The maximum absolute atomic E-state index is 11.7. The van der Waals surface area contributed by atoms with Crippen molar-refractivity contribution in [3.05, 3.63) is 398 Å². The minimum atomic E-state index is -3.38. The molecule has 708 valence electrons. The van der Waals surface area contributed by atoms with E-state index in [1.807, 2.05) is 241 Å². The van der Waals surface area contributed by atoms with Crippen molar-refractivity contribution in [3.63, 3.8) is 0 Å². The second kappa shape index (κ2) is 51.1. The lowest BCUT2D eigenvalue weighted by molar-refractivity contribution is 0.0595. The van der Waals surface area contributed by atoms with Crippen molar-refractivity contribution < 1.29 is 51.0 Å².